The molecule has 1 atom stereocenters. The van der Waals surface area contributed by atoms with Gasteiger partial charge < -0.3 is 14.1 Å². The third-order valence-corrected chi connectivity index (χ3v) is 4.83. The van der Waals surface area contributed by atoms with E-state index in [0.29, 0.717) is 16.5 Å². The Labute approximate surface area is 159 Å². The zero-order valence-electron chi connectivity index (χ0n) is 15.0. The molecule has 1 aromatic heterocycles. The Morgan fingerprint density at radius 2 is 1.86 bits per heavy atom. The fourth-order valence-electron chi connectivity index (χ4n) is 3.51. The average molecular weight is 380 g/mol. The highest BCUT2D eigenvalue weighted by atomic mass is 16.6. The summed E-state index contributed by atoms with van der Waals surface area (Å²) >= 11 is 0. The van der Waals surface area contributed by atoms with Crippen LogP contribution >= 0.6 is 0 Å². The molecule has 0 N–H and O–H groups in total. The molecule has 2 heterocycles. The number of non-ortho nitro benzene ring substituents is 1. The van der Waals surface area contributed by atoms with Gasteiger partial charge >= 0.3 is 0 Å². The Balaban J connectivity index is 1.92. The first-order chi connectivity index (χ1) is 13.5. The normalized spacial score (nSPS) is 15.8. The number of ether oxygens (including phenoxy) is 1. The van der Waals surface area contributed by atoms with E-state index in [0.717, 1.165) is 0 Å². The van der Waals surface area contributed by atoms with E-state index in [1.165, 1.54) is 24.1 Å². The minimum atomic E-state index is -0.695. The second kappa shape index (κ2) is 6.90. The molecule has 1 aliphatic heterocycles. The summed E-state index contributed by atoms with van der Waals surface area (Å²) in [6.07, 6.45) is 0. The van der Waals surface area contributed by atoms with Gasteiger partial charge in [-0.1, -0.05) is 12.1 Å². The average Bonchev–Trinajstić information content (AvgIpc) is 2.99. The van der Waals surface area contributed by atoms with Crippen LogP contribution < -0.4 is 5.43 Å². The van der Waals surface area contributed by atoms with E-state index in [4.69, 9.17) is 9.15 Å². The molecular formula is C20H16N2O6. The number of fused-ring (bicyclic) bond motifs is 2. The van der Waals surface area contributed by atoms with Crippen molar-refractivity contribution >= 4 is 22.6 Å². The number of nitro benzene ring substituents is 1. The lowest BCUT2D eigenvalue weighted by atomic mass is 9.98. The Morgan fingerprint density at radius 1 is 1.14 bits per heavy atom. The van der Waals surface area contributed by atoms with Crippen molar-refractivity contribution in [2.45, 2.75) is 6.04 Å². The number of para-hydroxylation sites is 1. The lowest BCUT2D eigenvalue weighted by Gasteiger charge is -2.24. The Hall–Kier alpha value is -3.52. The first kappa shape index (κ1) is 17.9. The number of carbonyl (C=O) groups is 1. The van der Waals surface area contributed by atoms with E-state index >= 15 is 0 Å². The molecular weight excluding hydrogens is 364 g/mol. The van der Waals surface area contributed by atoms with E-state index in [-0.39, 0.29) is 35.6 Å². The Bertz CT molecular complexity index is 1140. The highest BCUT2D eigenvalue weighted by Gasteiger charge is 2.42. The van der Waals surface area contributed by atoms with Crippen molar-refractivity contribution in [3.05, 3.63) is 85.8 Å². The summed E-state index contributed by atoms with van der Waals surface area (Å²) in [5.41, 5.74) is 0.830. The minimum absolute atomic E-state index is 0.00292. The number of rotatable bonds is 5. The summed E-state index contributed by atoms with van der Waals surface area (Å²) in [6.45, 7) is 0.522. The van der Waals surface area contributed by atoms with Gasteiger partial charge in [-0.3, -0.25) is 19.7 Å². The summed E-state index contributed by atoms with van der Waals surface area (Å²) in [7, 11) is 1.52. The molecule has 8 heteroatoms. The zero-order valence-corrected chi connectivity index (χ0v) is 15.0. The standard InChI is InChI=1S/C20H16N2O6/c1-27-11-10-21-17(12-6-8-13(9-7-12)22(25)26)16-18(23)14-4-2-3-5-15(14)28-19(16)20(21)24/h2-9,17H,10-11H2,1H3/t17-/m1/s1. The van der Waals surface area contributed by atoms with Crippen LogP contribution in [0, 0.1) is 10.1 Å². The van der Waals surface area contributed by atoms with Crippen LogP contribution in [0.2, 0.25) is 0 Å². The SMILES string of the molecule is COCCN1C(=O)c2oc3ccccc3c(=O)c2[C@H]1c1ccc([N+](=O)[O-])cc1. The number of hydrogen-bond donors (Lipinski definition) is 0. The predicted molar refractivity (Wildman–Crippen MR) is 100 cm³/mol. The van der Waals surface area contributed by atoms with Gasteiger partial charge in [0.05, 0.1) is 28.5 Å². The molecule has 0 radical (unpaired) electrons. The number of nitro groups is 1. The van der Waals surface area contributed by atoms with Crippen molar-refractivity contribution in [2.75, 3.05) is 20.3 Å². The molecule has 4 rings (SSSR count). The minimum Gasteiger partial charge on any atom is -0.450 e. The number of carbonyl (C=O) groups excluding carboxylic acids is 1. The maximum absolute atomic E-state index is 13.2. The zero-order chi connectivity index (χ0) is 19.8. The van der Waals surface area contributed by atoms with Gasteiger partial charge in [-0.25, -0.2) is 0 Å². The maximum atomic E-state index is 13.2. The molecule has 1 aliphatic rings. The second-order valence-corrected chi connectivity index (χ2v) is 6.41. The monoisotopic (exact) mass is 380 g/mol. The van der Waals surface area contributed by atoms with Gasteiger partial charge in [-0.05, 0) is 29.8 Å². The van der Waals surface area contributed by atoms with E-state index < -0.39 is 16.9 Å². The lowest BCUT2D eigenvalue weighted by Crippen LogP contribution is -2.32. The highest BCUT2D eigenvalue weighted by Crippen LogP contribution is 2.38. The summed E-state index contributed by atoms with van der Waals surface area (Å²) in [5, 5.41) is 11.3. The van der Waals surface area contributed by atoms with E-state index in [2.05, 4.69) is 0 Å². The summed E-state index contributed by atoms with van der Waals surface area (Å²) < 4.78 is 10.9. The largest absolute Gasteiger partial charge is 0.450 e. The molecule has 3 aromatic rings. The topological polar surface area (TPSA) is 103 Å². The third kappa shape index (κ3) is 2.74. The van der Waals surface area contributed by atoms with Crippen LogP contribution in [-0.4, -0.2) is 36.0 Å². The maximum Gasteiger partial charge on any atom is 0.290 e. The van der Waals surface area contributed by atoms with Crippen molar-refractivity contribution in [1.82, 2.24) is 4.90 Å². The van der Waals surface area contributed by atoms with Crippen LogP contribution in [0.4, 0.5) is 5.69 Å². The Kier molecular flexibility index (Phi) is 4.40. The van der Waals surface area contributed by atoms with Gasteiger partial charge in [-0.2, -0.15) is 0 Å². The number of methoxy groups -OCH3 is 1. The molecule has 0 saturated heterocycles. The molecule has 0 aliphatic carbocycles. The summed E-state index contributed by atoms with van der Waals surface area (Å²) in [5.74, 6) is -0.401. The predicted octanol–water partition coefficient (Wildman–Crippen LogP) is 2.89. The van der Waals surface area contributed by atoms with E-state index in [1.54, 1.807) is 36.4 Å². The first-order valence-corrected chi connectivity index (χ1v) is 8.63. The van der Waals surface area contributed by atoms with Gasteiger partial charge in [-0.15, -0.1) is 0 Å². The number of benzene rings is 2. The molecule has 28 heavy (non-hydrogen) atoms. The fourth-order valence-corrected chi connectivity index (χ4v) is 3.51. The van der Waals surface area contributed by atoms with Crippen molar-refractivity contribution in [3.8, 4) is 0 Å². The van der Waals surface area contributed by atoms with Gasteiger partial charge in [0.1, 0.15) is 5.58 Å². The fraction of sp³-hybridized carbons (Fsp3) is 0.200. The molecule has 8 nitrogen and oxygen atoms in total. The van der Waals surface area contributed by atoms with Crippen LogP contribution in [0.5, 0.6) is 0 Å². The molecule has 0 saturated carbocycles. The molecule has 1 amide bonds. The van der Waals surface area contributed by atoms with Gasteiger partial charge in [0.2, 0.25) is 5.76 Å². The second-order valence-electron chi connectivity index (χ2n) is 6.41. The molecule has 2 aromatic carbocycles. The quantitative estimate of drug-likeness (QED) is 0.498. The van der Waals surface area contributed by atoms with Gasteiger partial charge in [0, 0.05) is 25.8 Å². The summed E-state index contributed by atoms with van der Waals surface area (Å²) in [6, 6.07) is 11.9. The molecule has 0 spiro atoms. The first-order valence-electron chi connectivity index (χ1n) is 8.63. The van der Waals surface area contributed by atoms with Crippen LogP contribution in [0.25, 0.3) is 11.0 Å². The van der Waals surface area contributed by atoms with Gasteiger partial charge in [0.15, 0.2) is 5.43 Å². The molecule has 0 unspecified atom stereocenters. The number of hydrogen-bond acceptors (Lipinski definition) is 6. The number of nitrogens with zero attached hydrogens (tertiary/aromatic N) is 2. The summed E-state index contributed by atoms with van der Waals surface area (Å²) in [4.78, 5) is 38.1. The number of amides is 1. The smallest absolute Gasteiger partial charge is 0.290 e. The van der Waals surface area contributed by atoms with E-state index in [1.807, 2.05) is 0 Å². The Morgan fingerprint density at radius 3 is 2.54 bits per heavy atom. The van der Waals surface area contributed by atoms with Gasteiger partial charge in [0.25, 0.3) is 11.6 Å². The molecule has 142 valence electrons. The third-order valence-electron chi connectivity index (χ3n) is 4.83. The molecule has 0 fully saturated rings. The van der Waals surface area contributed by atoms with Crippen molar-refractivity contribution in [1.29, 1.82) is 0 Å². The lowest BCUT2D eigenvalue weighted by molar-refractivity contribution is -0.384. The highest BCUT2D eigenvalue weighted by molar-refractivity contribution is 5.99. The van der Waals surface area contributed by atoms with Crippen molar-refractivity contribution in [3.63, 3.8) is 0 Å². The van der Waals surface area contributed by atoms with Crippen molar-refractivity contribution < 1.29 is 18.9 Å². The van der Waals surface area contributed by atoms with Crippen LogP contribution in [0.1, 0.15) is 27.7 Å². The van der Waals surface area contributed by atoms with Crippen molar-refractivity contribution in [2.24, 2.45) is 0 Å². The van der Waals surface area contributed by atoms with Crippen LogP contribution in [-0.2, 0) is 4.74 Å². The van der Waals surface area contributed by atoms with Crippen LogP contribution in [0.15, 0.2) is 57.7 Å². The molecule has 0 bridgehead atoms. The van der Waals surface area contributed by atoms with E-state index in [9.17, 15) is 19.7 Å². The van der Waals surface area contributed by atoms with Crippen LogP contribution in [0.3, 0.4) is 0 Å².